The molecule has 0 aliphatic carbocycles. The van der Waals surface area contributed by atoms with E-state index in [1.807, 2.05) is 22.4 Å². The molecule has 0 radical (unpaired) electrons. The molecule has 0 N–H and O–H groups in total. The SMILES string of the molecule is Cc1cccc(C)c1OCc1csc(C(=O)N2CCC(C)CC2)c1. The average molecular weight is 343 g/mol. The van der Waals surface area contributed by atoms with Crippen molar-refractivity contribution in [2.24, 2.45) is 5.92 Å². The molecule has 0 bridgehead atoms. The summed E-state index contributed by atoms with van der Waals surface area (Å²) in [7, 11) is 0. The van der Waals surface area contributed by atoms with Gasteiger partial charge < -0.3 is 9.64 Å². The fraction of sp³-hybridized carbons (Fsp3) is 0.450. The number of piperidine rings is 1. The number of thiophene rings is 1. The van der Waals surface area contributed by atoms with Gasteiger partial charge in [0.2, 0.25) is 0 Å². The second-order valence-electron chi connectivity index (χ2n) is 6.80. The van der Waals surface area contributed by atoms with E-state index in [1.54, 1.807) is 0 Å². The maximum Gasteiger partial charge on any atom is 0.263 e. The normalized spacial score (nSPS) is 15.5. The van der Waals surface area contributed by atoms with E-state index in [0.29, 0.717) is 6.61 Å². The molecule has 0 atom stereocenters. The number of hydrogen-bond acceptors (Lipinski definition) is 3. The Balaban J connectivity index is 1.62. The number of carbonyl (C=O) groups excluding carboxylic acids is 1. The number of para-hydroxylation sites is 1. The Labute approximate surface area is 148 Å². The fourth-order valence-electron chi connectivity index (χ4n) is 3.11. The number of benzene rings is 1. The number of rotatable bonds is 4. The highest BCUT2D eigenvalue weighted by atomic mass is 32.1. The highest BCUT2D eigenvalue weighted by Gasteiger charge is 2.22. The molecular weight excluding hydrogens is 318 g/mol. The third kappa shape index (κ3) is 3.81. The van der Waals surface area contributed by atoms with Crippen molar-refractivity contribution in [2.75, 3.05) is 13.1 Å². The van der Waals surface area contributed by atoms with Crippen LogP contribution in [0.15, 0.2) is 29.6 Å². The quantitative estimate of drug-likeness (QED) is 0.797. The van der Waals surface area contributed by atoms with Crippen molar-refractivity contribution in [3.63, 3.8) is 0 Å². The van der Waals surface area contributed by atoms with Gasteiger partial charge in [-0.05, 0) is 55.2 Å². The highest BCUT2D eigenvalue weighted by molar-refractivity contribution is 7.12. The molecule has 128 valence electrons. The molecule has 2 heterocycles. The van der Waals surface area contributed by atoms with Gasteiger partial charge in [-0.3, -0.25) is 4.79 Å². The zero-order valence-corrected chi connectivity index (χ0v) is 15.5. The van der Waals surface area contributed by atoms with Crippen molar-refractivity contribution in [2.45, 2.75) is 40.2 Å². The highest BCUT2D eigenvalue weighted by Crippen LogP contribution is 2.25. The van der Waals surface area contributed by atoms with Crippen molar-refractivity contribution in [3.8, 4) is 5.75 Å². The lowest BCUT2D eigenvalue weighted by Crippen LogP contribution is -2.37. The van der Waals surface area contributed by atoms with Gasteiger partial charge in [0.1, 0.15) is 12.4 Å². The van der Waals surface area contributed by atoms with Crippen LogP contribution in [0.4, 0.5) is 0 Å². The molecule has 1 aromatic heterocycles. The Bertz CT molecular complexity index is 694. The molecule has 2 aromatic rings. The van der Waals surface area contributed by atoms with E-state index in [9.17, 15) is 4.79 Å². The first kappa shape index (κ1) is 17.0. The van der Waals surface area contributed by atoms with E-state index in [4.69, 9.17) is 4.74 Å². The van der Waals surface area contributed by atoms with Crippen LogP contribution in [0, 0.1) is 19.8 Å². The number of amides is 1. The lowest BCUT2D eigenvalue weighted by atomic mass is 9.99. The minimum absolute atomic E-state index is 0.172. The van der Waals surface area contributed by atoms with E-state index >= 15 is 0 Å². The second kappa shape index (κ2) is 7.39. The first-order valence-corrected chi connectivity index (χ1v) is 9.48. The minimum atomic E-state index is 0.172. The number of aryl methyl sites for hydroxylation is 2. The van der Waals surface area contributed by atoms with Gasteiger partial charge in [0, 0.05) is 18.7 Å². The Hall–Kier alpha value is -1.81. The zero-order chi connectivity index (χ0) is 17.1. The molecule has 0 saturated carbocycles. The summed E-state index contributed by atoms with van der Waals surface area (Å²) in [6, 6.07) is 8.14. The van der Waals surface area contributed by atoms with Crippen molar-refractivity contribution in [1.29, 1.82) is 0 Å². The number of ether oxygens (including phenoxy) is 1. The van der Waals surface area contributed by atoms with Gasteiger partial charge in [-0.1, -0.05) is 25.1 Å². The van der Waals surface area contributed by atoms with Crippen LogP contribution in [0.1, 0.15) is 46.1 Å². The molecule has 0 unspecified atom stereocenters. The van der Waals surface area contributed by atoms with Gasteiger partial charge in [-0.25, -0.2) is 0 Å². The summed E-state index contributed by atoms with van der Waals surface area (Å²) in [4.78, 5) is 15.4. The maximum absolute atomic E-state index is 12.6. The van der Waals surface area contributed by atoms with Crippen LogP contribution < -0.4 is 4.74 Å². The van der Waals surface area contributed by atoms with E-state index in [-0.39, 0.29) is 5.91 Å². The van der Waals surface area contributed by atoms with Gasteiger partial charge in [-0.15, -0.1) is 11.3 Å². The Morgan fingerprint density at radius 2 is 1.92 bits per heavy atom. The number of likely N-dealkylation sites (tertiary alicyclic amines) is 1. The fourth-order valence-corrected chi connectivity index (χ4v) is 3.98. The largest absolute Gasteiger partial charge is 0.488 e. The summed E-state index contributed by atoms with van der Waals surface area (Å²) < 4.78 is 5.99. The molecule has 3 nitrogen and oxygen atoms in total. The van der Waals surface area contributed by atoms with Crippen molar-refractivity contribution in [1.82, 2.24) is 4.90 Å². The van der Waals surface area contributed by atoms with E-state index in [0.717, 1.165) is 59.2 Å². The predicted octanol–water partition coefficient (Wildman–Crippen LogP) is 4.82. The molecule has 1 aliphatic heterocycles. The average Bonchev–Trinajstić information content (AvgIpc) is 3.03. The Kier molecular flexibility index (Phi) is 5.24. The van der Waals surface area contributed by atoms with Crippen molar-refractivity contribution < 1.29 is 9.53 Å². The summed E-state index contributed by atoms with van der Waals surface area (Å²) >= 11 is 1.52. The maximum atomic E-state index is 12.6. The molecule has 3 rings (SSSR count). The summed E-state index contributed by atoms with van der Waals surface area (Å²) in [5, 5.41) is 2.04. The lowest BCUT2D eigenvalue weighted by Gasteiger charge is -2.29. The van der Waals surface area contributed by atoms with Crippen LogP contribution in [-0.4, -0.2) is 23.9 Å². The van der Waals surface area contributed by atoms with Gasteiger partial charge in [0.05, 0.1) is 4.88 Å². The molecule has 1 aromatic carbocycles. The van der Waals surface area contributed by atoms with Crippen LogP contribution in [-0.2, 0) is 6.61 Å². The molecule has 1 amide bonds. The molecule has 1 aliphatic rings. The number of nitrogens with zero attached hydrogens (tertiary/aromatic N) is 1. The molecule has 1 fully saturated rings. The summed E-state index contributed by atoms with van der Waals surface area (Å²) in [5.74, 6) is 1.85. The second-order valence-corrected chi connectivity index (χ2v) is 7.71. The summed E-state index contributed by atoms with van der Waals surface area (Å²) in [6.45, 7) is 8.64. The molecule has 0 spiro atoms. The molecular formula is C20H25NO2S. The topological polar surface area (TPSA) is 29.5 Å². The third-order valence-electron chi connectivity index (χ3n) is 4.73. The van der Waals surface area contributed by atoms with Crippen molar-refractivity contribution >= 4 is 17.2 Å². The van der Waals surface area contributed by atoms with Gasteiger partial charge in [0.15, 0.2) is 0 Å². The van der Waals surface area contributed by atoms with Gasteiger partial charge in [0.25, 0.3) is 5.91 Å². The summed E-state index contributed by atoms with van der Waals surface area (Å²) in [5.41, 5.74) is 3.35. The first-order valence-electron chi connectivity index (χ1n) is 8.60. The predicted molar refractivity (Wildman–Crippen MR) is 98.9 cm³/mol. The van der Waals surface area contributed by atoms with E-state index in [1.165, 1.54) is 11.3 Å². The smallest absolute Gasteiger partial charge is 0.263 e. The number of hydrogen-bond donors (Lipinski definition) is 0. The van der Waals surface area contributed by atoms with Gasteiger partial charge in [-0.2, -0.15) is 0 Å². The van der Waals surface area contributed by atoms with E-state index in [2.05, 4.69) is 32.9 Å². The Morgan fingerprint density at radius 1 is 1.25 bits per heavy atom. The monoisotopic (exact) mass is 343 g/mol. The summed E-state index contributed by atoms with van der Waals surface area (Å²) in [6.07, 6.45) is 2.22. The van der Waals surface area contributed by atoms with Crippen LogP contribution in [0.25, 0.3) is 0 Å². The lowest BCUT2D eigenvalue weighted by molar-refractivity contribution is 0.0702. The third-order valence-corrected chi connectivity index (χ3v) is 5.69. The van der Waals surface area contributed by atoms with Crippen molar-refractivity contribution in [3.05, 3.63) is 51.2 Å². The Morgan fingerprint density at radius 3 is 2.58 bits per heavy atom. The van der Waals surface area contributed by atoms with Crippen LogP contribution in [0.2, 0.25) is 0 Å². The van der Waals surface area contributed by atoms with E-state index < -0.39 is 0 Å². The molecule has 24 heavy (non-hydrogen) atoms. The standard InChI is InChI=1S/C20H25NO2S/c1-14-7-9-21(10-8-14)20(22)18-11-17(13-24-18)12-23-19-15(2)5-4-6-16(19)3/h4-6,11,13-14H,7-10,12H2,1-3H3. The first-order chi connectivity index (χ1) is 11.5. The minimum Gasteiger partial charge on any atom is -0.488 e. The van der Waals surface area contributed by atoms with Crippen LogP contribution in [0.5, 0.6) is 5.75 Å². The number of carbonyl (C=O) groups is 1. The zero-order valence-electron chi connectivity index (χ0n) is 14.7. The van der Waals surface area contributed by atoms with Crippen LogP contribution >= 0.6 is 11.3 Å². The molecule has 4 heteroatoms. The van der Waals surface area contributed by atoms with Gasteiger partial charge >= 0.3 is 0 Å². The molecule has 1 saturated heterocycles. The van der Waals surface area contributed by atoms with Crippen LogP contribution in [0.3, 0.4) is 0 Å².